The van der Waals surface area contributed by atoms with E-state index in [2.05, 4.69) is 5.32 Å². The standard InChI is InChI=1S/C12H16ClNO3/c1-2-10(15)12(16)14-7-8-17-11-6-4-3-5-9(11)13/h3-6,10,15H,2,7-8H2,1H3,(H,14,16)/t10-/m0/s1. The van der Waals surface area contributed by atoms with Gasteiger partial charge in [0.05, 0.1) is 11.6 Å². The predicted molar refractivity (Wildman–Crippen MR) is 66.3 cm³/mol. The van der Waals surface area contributed by atoms with Crippen LogP contribution in [0.4, 0.5) is 0 Å². The third-order valence-corrected chi connectivity index (χ3v) is 2.50. The minimum atomic E-state index is -0.949. The molecule has 0 aliphatic heterocycles. The maximum absolute atomic E-state index is 11.2. The molecule has 1 rings (SSSR count). The van der Waals surface area contributed by atoms with Crippen molar-refractivity contribution in [2.24, 2.45) is 0 Å². The number of hydrogen-bond donors (Lipinski definition) is 2. The number of halogens is 1. The normalized spacial score (nSPS) is 11.9. The largest absolute Gasteiger partial charge is 0.490 e. The van der Waals surface area contributed by atoms with Crippen molar-refractivity contribution in [2.45, 2.75) is 19.4 Å². The van der Waals surface area contributed by atoms with Crippen LogP contribution in [0, 0.1) is 0 Å². The Morgan fingerprint density at radius 1 is 1.53 bits per heavy atom. The Morgan fingerprint density at radius 3 is 2.88 bits per heavy atom. The summed E-state index contributed by atoms with van der Waals surface area (Å²) in [6.07, 6.45) is -0.549. The van der Waals surface area contributed by atoms with Gasteiger partial charge in [-0.25, -0.2) is 0 Å². The predicted octanol–water partition coefficient (Wildman–Crippen LogP) is 1.61. The van der Waals surface area contributed by atoms with E-state index in [4.69, 9.17) is 16.3 Å². The molecule has 1 atom stereocenters. The van der Waals surface area contributed by atoms with E-state index in [0.29, 0.717) is 30.3 Å². The summed E-state index contributed by atoms with van der Waals surface area (Å²) in [5.74, 6) is 0.203. The van der Waals surface area contributed by atoms with Gasteiger partial charge in [-0.05, 0) is 18.6 Å². The minimum Gasteiger partial charge on any atom is -0.490 e. The van der Waals surface area contributed by atoms with Gasteiger partial charge in [-0.3, -0.25) is 4.79 Å². The first kappa shape index (κ1) is 13.8. The van der Waals surface area contributed by atoms with Gasteiger partial charge in [0.1, 0.15) is 18.5 Å². The molecular weight excluding hydrogens is 242 g/mol. The zero-order valence-electron chi connectivity index (χ0n) is 9.65. The molecule has 0 unspecified atom stereocenters. The highest BCUT2D eigenvalue weighted by Gasteiger charge is 2.10. The first-order valence-electron chi connectivity index (χ1n) is 5.48. The van der Waals surface area contributed by atoms with Crippen molar-refractivity contribution in [3.63, 3.8) is 0 Å². The van der Waals surface area contributed by atoms with Gasteiger partial charge in [0.2, 0.25) is 5.91 Å². The van der Waals surface area contributed by atoms with E-state index in [1.54, 1.807) is 19.1 Å². The number of rotatable bonds is 6. The summed E-state index contributed by atoms with van der Waals surface area (Å²) in [5, 5.41) is 12.3. The van der Waals surface area contributed by atoms with E-state index >= 15 is 0 Å². The summed E-state index contributed by atoms with van der Waals surface area (Å²) in [6, 6.07) is 7.12. The van der Waals surface area contributed by atoms with E-state index in [0.717, 1.165) is 0 Å². The summed E-state index contributed by atoms with van der Waals surface area (Å²) < 4.78 is 5.37. The molecule has 0 fully saturated rings. The topological polar surface area (TPSA) is 58.6 Å². The highest BCUT2D eigenvalue weighted by molar-refractivity contribution is 6.32. The molecule has 0 bridgehead atoms. The molecule has 0 aliphatic rings. The van der Waals surface area contributed by atoms with Gasteiger partial charge in [0.25, 0.3) is 0 Å². The van der Waals surface area contributed by atoms with Crippen LogP contribution in [0.15, 0.2) is 24.3 Å². The van der Waals surface area contributed by atoms with Crippen molar-refractivity contribution in [1.82, 2.24) is 5.32 Å². The average Bonchev–Trinajstić information content (AvgIpc) is 2.35. The van der Waals surface area contributed by atoms with Crippen molar-refractivity contribution in [1.29, 1.82) is 0 Å². The molecule has 5 heteroatoms. The number of hydrogen-bond acceptors (Lipinski definition) is 3. The maximum atomic E-state index is 11.2. The van der Waals surface area contributed by atoms with Crippen molar-refractivity contribution >= 4 is 17.5 Å². The van der Waals surface area contributed by atoms with Gasteiger partial charge in [-0.2, -0.15) is 0 Å². The van der Waals surface area contributed by atoms with Crippen LogP contribution in [0.25, 0.3) is 0 Å². The third-order valence-electron chi connectivity index (χ3n) is 2.18. The van der Waals surface area contributed by atoms with Crippen LogP contribution in [0.1, 0.15) is 13.3 Å². The number of benzene rings is 1. The van der Waals surface area contributed by atoms with E-state index in [9.17, 15) is 9.90 Å². The second-order valence-electron chi connectivity index (χ2n) is 3.49. The number of carbonyl (C=O) groups is 1. The molecule has 0 aromatic heterocycles. The van der Waals surface area contributed by atoms with Crippen LogP contribution in [0.5, 0.6) is 5.75 Å². The number of para-hydroxylation sites is 1. The first-order chi connectivity index (χ1) is 8.15. The quantitative estimate of drug-likeness (QED) is 0.761. The highest BCUT2D eigenvalue weighted by atomic mass is 35.5. The SMILES string of the molecule is CC[C@H](O)C(=O)NCCOc1ccccc1Cl. The molecule has 2 N–H and O–H groups in total. The monoisotopic (exact) mass is 257 g/mol. The second-order valence-corrected chi connectivity index (χ2v) is 3.90. The van der Waals surface area contributed by atoms with E-state index in [1.165, 1.54) is 0 Å². The zero-order chi connectivity index (χ0) is 12.7. The van der Waals surface area contributed by atoms with Crippen LogP contribution in [-0.2, 0) is 4.79 Å². The van der Waals surface area contributed by atoms with Gasteiger partial charge in [0, 0.05) is 0 Å². The third kappa shape index (κ3) is 4.63. The molecule has 0 aliphatic carbocycles. The van der Waals surface area contributed by atoms with Crippen molar-refractivity contribution in [2.75, 3.05) is 13.2 Å². The summed E-state index contributed by atoms with van der Waals surface area (Å²) in [7, 11) is 0. The van der Waals surface area contributed by atoms with E-state index in [-0.39, 0.29) is 5.91 Å². The summed E-state index contributed by atoms with van der Waals surface area (Å²) in [4.78, 5) is 11.2. The number of amides is 1. The molecule has 0 saturated carbocycles. The number of carbonyl (C=O) groups excluding carboxylic acids is 1. The van der Waals surface area contributed by atoms with Crippen molar-refractivity contribution < 1.29 is 14.6 Å². The minimum absolute atomic E-state index is 0.311. The molecule has 0 heterocycles. The Labute approximate surface area is 106 Å². The number of ether oxygens (including phenoxy) is 1. The molecule has 4 nitrogen and oxygen atoms in total. The van der Waals surface area contributed by atoms with E-state index in [1.807, 2.05) is 12.1 Å². The molecule has 1 aromatic carbocycles. The summed E-state index contributed by atoms with van der Waals surface area (Å²) >= 11 is 5.89. The lowest BCUT2D eigenvalue weighted by molar-refractivity contribution is -0.129. The summed E-state index contributed by atoms with van der Waals surface area (Å²) in [5.41, 5.74) is 0. The molecular formula is C12H16ClNO3. The lowest BCUT2D eigenvalue weighted by Gasteiger charge is -2.10. The van der Waals surface area contributed by atoms with Crippen LogP contribution in [-0.4, -0.2) is 30.3 Å². The molecule has 1 aromatic rings. The fourth-order valence-corrected chi connectivity index (χ4v) is 1.39. The Morgan fingerprint density at radius 2 is 2.24 bits per heavy atom. The van der Waals surface area contributed by atoms with Crippen molar-refractivity contribution in [3.05, 3.63) is 29.3 Å². The Hall–Kier alpha value is -1.26. The number of aliphatic hydroxyl groups excluding tert-OH is 1. The number of aliphatic hydroxyl groups is 1. The molecule has 0 radical (unpaired) electrons. The smallest absolute Gasteiger partial charge is 0.248 e. The molecule has 94 valence electrons. The van der Waals surface area contributed by atoms with Crippen LogP contribution in [0.3, 0.4) is 0 Å². The first-order valence-corrected chi connectivity index (χ1v) is 5.86. The lowest BCUT2D eigenvalue weighted by Crippen LogP contribution is -2.36. The van der Waals surface area contributed by atoms with Gasteiger partial charge in [0.15, 0.2) is 0 Å². The molecule has 1 amide bonds. The zero-order valence-corrected chi connectivity index (χ0v) is 10.4. The number of nitrogens with one attached hydrogen (secondary N) is 1. The second kappa shape index (κ2) is 7.14. The molecule has 17 heavy (non-hydrogen) atoms. The van der Waals surface area contributed by atoms with Gasteiger partial charge in [-0.1, -0.05) is 30.7 Å². The average molecular weight is 258 g/mol. The van der Waals surface area contributed by atoms with Crippen LogP contribution < -0.4 is 10.1 Å². The van der Waals surface area contributed by atoms with Gasteiger partial charge in [-0.15, -0.1) is 0 Å². The molecule has 0 saturated heterocycles. The van der Waals surface area contributed by atoms with Gasteiger partial charge >= 0.3 is 0 Å². The van der Waals surface area contributed by atoms with Crippen molar-refractivity contribution in [3.8, 4) is 5.75 Å². The molecule has 0 spiro atoms. The fourth-order valence-electron chi connectivity index (χ4n) is 1.20. The highest BCUT2D eigenvalue weighted by Crippen LogP contribution is 2.22. The Bertz CT molecular complexity index is 371. The van der Waals surface area contributed by atoms with E-state index < -0.39 is 6.10 Å². The lowest BCUT2D eigenvalue weighted by atomic mass is 10.2. The Balaban J connectivity index is 2.25. The summed E-state index contributed by atoms with van der Waals surface area (Å²) in [6.45, 7) is 2.39. The van der Waals surface area contributed by atoms with Gasteiger partial charge < -0.3 is 15.2 Å². The van der Waals surface area contributed by atoms with Crippen LogP contribution >= 0.6 is 11.6 Å². The fraction of sp³-hybridized carbons (Fsp3) is 0.417. The van der Waals surface area contributed by atoms with Crippen LogP contribution in [0.2, 0.25) is 5.02 Å². The Kier molecular flexibility index (Phi) is 5.80. The maximum Gasteiger partial charge on any atom is 0.248 e.